The van der Waals surface area contributed by atoms with E-state index in [0.29, 0.717) is 11.5 Å². The zero-order chi connectivity index (χ0) is 20.6. The van der Waals surface area contributed by atoms with Gasteiger partial charge in [0.1, 0.15) is 11.2 Å². The molecule has 0 aliphatic rings. The van der Waals surface area contributed by atoms with Crippen molar-refractivity contribution >= 4 is 17.6 Å². The van der Waals surface area contributed by atoms with Crippen molar-refractivity contribution in [3.8, 4) is 22.4 Å². The monoisotopic (exact) mass is 390 g/mol. The molecule has 1 amide bonds. The fourth-order valence-electron chi connectivity index (χ4n) is 3.03. The highest BCUT2D eigenvalue weighted by atomic mass is 16.6. The molecule has 29 heavy (non-hydrogen) atoms. The van der Waals surface area contributed by atoms with Gasteiger partial charge in [0.2, 0.25) is 0 Å². The van der Waals surface area contributed by atoms with E-state index in [1.165, 1.54) is 0 Å². The number of imidazole rings is 1. The molecule has 0 aliphatic carbocycles. The van der Waals surface area contributed by atoms with E-state index < -0.39 is 11.7 Å². The number of amides is 1. The van der Waals surface area contributed by atoms with Crippen LogP contribution in [0, 0.1) is 0 Å². The largest absolute Gasteiger partial charge is 0.444 e. The number of ether oxygens (including phenoxy) is 1. The number of hydrogen-bond acceptors (Lipinski definition) is 5. The van der Waals surface area contributed by atoms with E-state index >= 15 is 0 Å². The molecule has 4 heterocycles. The molecule has 1 N–H and O–H groups in total. The number of rotatable bonds is 3. The van der Waals surface area contributed by atoms with Crippen LogP contribution in [-0.4, -0.2) is 35.8 Å². The van der Waals surface area contributed by atoms with Gasteiger partial charge in [0.15, 0.2) is 5.82 Å². The maximum absolute atomic E-state index is 12.1. The van der Waals surface area contributed by atoms with Gasteiger partial charge in [0.25, 0.3) is 0 Å². The fourth-order valence-corrected chi connectivity index (χ4v) is 3.03. The average molecular weight is 390 g/mol. The van der Waals surface area contributed by atoms with Gasteiger partial charge in [-0.1, -0.05) is 6.07 Å². The molecule has 148 valence electrons. The number of carbonyl (C=O) groups excluding carboxylic acids is 1. The number of carbonyl (C=O) groups is 1. The summed E-state index contributed by atoms with van der Waals surface area (Å²) >= 11 is 0. The third kappa shape index (κ3) is 4.11. The number of nitrogens with zero attached hydrogens (tertiary/aromatic N) is 5. The normalized spacial score (nSPS) is 11.6. The van der Waals surface area contributed by atoms with Crippen LogP contribution in [0.25, 0.3) is 28.0 Å². The molecule has 8 nitrogen and oxygen atoms in total. The Kier molecular flexibility index (Phi) is 4.54. The molecule has 0 aliphatic heterocycles. The highest BCUT2D eigenvalue weighted by Crippen LogP contribution is 2.29. The van der Waals surface area contributed by atoms with Gasteiger partial charge < -0.3 is 4.74 Å². The van der Waals surface area contributed by atoms with Gasteiger partial charge in [-0.3, -0.25) is 19.4 Å². The van der Waals surface area contributed by atoms with Crippen LogP contribution in [0.5, 0.6) is 0 Å². The lowest BCUT2D eigenvalue weighted by atomic mass is 10.1. The smallest absolute Gasteiger partial charge is 0.413 e. The molecule has 4 aromatic heterocycles. The van der Waals surface area contributed by atoms with Gasteiger partial charge in [-0.15, -0.1) is 0 Å². The quantitative estimate of drug-likeness (QED) is 0.568. The van der Waals surface area contributed by atoms with Crippen molar-refractivity contribution in [2.45, 2.75) is 26.4 Å². The number of aryl methyl sites for hydroxylation is 1. The topological polar surface area (TPSA) is 86.3 Å². The number of fused-ring (bicyclic) bond motifs is 1. The molecule has 0 unspecified atom stereocenters. The highest BCUT2D eigenvalue weighted by Gasteiger charge is 2.18. The van der Waals surface area contributed by atoms with E-state index in [4.69, 9.17) is 4.74 Å². The molecule has 0 fully saturated rings. The first-order chi connectivity index (χ1) is 13.8. The molecule has 0 atom stereocenters. The van der Waals surface area contributed by atoms with E-state index in [0.717, 1.165) is 22.4 Å². The molecule has 4 aromatic rings. The lowest BCUT2D eigenvalue weighted by Gasteiger charge is -2.18. The molecular formula is C21H22N6O2. The molecule has 0 spiro atoms. The molecule has 0 bridgehead atoms. The second kappa shape index (κ2) is 7.05. The third-order valence-corrected chi connectivity index (χ3v) is 4.19. The molecule has 0 saturated carbocycles. The van der Waals surface area contributed by atoms with Crippen LogP contribution in [0.15, 0.2) is 55.2 Å². The summed E-state index contributed by atoms with van der Waals surface area (Å²) in [4.78, 5) is 20.9. The van der Waals surface area contributed by atoms with Crippen LogP contribution < -0.4 is 5.32 Å². The minimum absolute atomic E-state index is 0.410. The minimum atomic E-state index is -0.586. The summed E-state index contributed by atoms with van der Waals surface area (Å²) in [6, 6.07) is 7.90. The molecule has 8 heteroatoms. The number of nitrogens with one attached hydrogen (secondary N) is 1. The molecule has 4 rings (SSSR count). The Hall–Kier alpha value is -3.68. The predicted molar refractivity (Wildman–Crippen MR) is 110 cm³/mol. The summed E-state index contributed by atoms with van der Waals surface area (Å²) in [5.74, 6) is 0.410. The molecule has 0 aromatic carbocycles. The van der Waals surface area contributed by atoms with Crippen molar-refractivity contribution in [2.24, 2.45) is 7.05 Å². The Morgan fingerprint density at radius 2 is 1.93 bits per heavy atom. The number of hydrogen-bond donors (Lipinski definition) is 1. The van der Waals surface area contributed by atoms with Gasteiger partial charge in [0, 0.05) is 36.8 Å². The summed E-state index contributed by atoms with van der Waals surface area (Å²) < 4.78 is 8.99. The average Bonchev–Trinajstić information content (AvgIpc) is 3.25. The maximum Gasteiger partial charge on any atom is 0.413 e. The summed E-state index contributed by atoms with van der Waals surface area (Å²) in [7, 11) is 1.87. The Labute approximate surface area is 168 Å². The lowest BCUT2D eigenvalue weighted by Crippen LogP contribution is -2.27. The van der Waals surface area contributed by atoms with E-state index in [1.807, 2.05) is 62.8 Å². The van der Waals surface area contributed by atoms with Gasteiger partial charge in [-0.2, -0.15) is 5.10 Å². The van der Waals surface area contributed by atoms with Crippen molar-refractivity contribution in [2.75, 3.05) is 5.32 Å². The van der Waals surface area contributed by atoms with Crippen molar-refractivity contribution in [3.63, 3.8) is 0 Å². The maximum atomic E-state index is 12.1. The van der Waals surface area contributed by atoms with Crippen LogP contribution in [0.4, 0.5) is 10.6 Å². The zero-order valence-electron chi connectivity index (χ0n) is 16.7. The first-order valence-corrected chi connectivity index (χ1v) is 9.21. The second-order valence-corrected chi connectivity index (χ2v) is 7.75. The standard InChI is InChI=1S/C21H22N6O2/c1-21(2,3)29-20(28)25-18-13-27-17(16-11-23-26(4)12-16)8-15(9-19(27)24-18)14-6-5-7-22-10-14/h5-13H,1-4H3,(H,25,28). The van der Waals surface area contributed by atoms with E-state index in [1.54, 1.807) is 23.3 Å². The van der Waals surface area contributed by atoms with Crippen LogP contribution in [0.2, 0.25) is 0 Å². The van der Waals surface area contributed by atoms with Gasteiger partial charge in [-0.05, 0) is 44.5 Å². The minimum Gasteiger partial charge on any atom is -0.444 e. The van der Waals surface area contributed by atoms with Gasteiger partial charge in [-0.25, -0.2) is 9.78 Å². The number of anilines is 1. The first kappa shape index (κ1) is 18.7. The fraction of sp³-hybridized carbons (Fsp3) is 0.238. The van der Waals surface area contributed by atoms with Crippen LogP contribution in [0.3, 0.4) is 0 Å². The molecular weight excluding hydrogens is 368 g/mol. The van der Waals surface area contributed by atoms with Crippen molar-refractivity contribution < 1.29 is 9.53 Å². The van der Waals surface area contributed by atoms with Gasteiger partial charge >= 0.3 is 6.09 Å². The SMILES string of the molecule is Cn1cc(-c2cc(-c3cccnc3)cc3nc(NC(=O)OC(C)(C)C)cn23)cn1. The van der Waals surface area contributed by atoms with Crippen LogP contribution in [0.1, 0.15) is 20.8 Å². The summed E-state index contributed by atoms with van der Waals surface area (Å²) in [6.07, 6.45) is 8.50. The third-order valence-electron chi connectivity index (χ3n) is 4.19. The summed E-state index contributed by atoms with van der Waals surface area (Å²) in [5.41, 5.74) is 3.89. The van der Waals surface area contributed by atoms with Crippen molar-refractivity contribution in [3.05, 3.63) is 55.2 Å². The number of aromatic nitrogens is 5. The Morgan fingerprint density at radius 3 is 2.59 bits per heavy atom. The van der Waals surface area contributed by atoms with Gasteiger partial charge in [0.05, 0.1) is 18.1 Å². The Balaban J connectivity index is 1.80. The highest BCUT2D eigenvalue weighted by molar-refractivity contribution is 5.85. The van der Waals surface area contributed by atoms with Crippen molar-refractivity contribution in [1.29, 1.82) is 0 Å². The Bertz CT molecular complexity index is 1170. The predicted octanol–water partition coefficient (Wildman–Crippen LogP) is 4.14. The summed E-state index contributed by atoms with van der Waals surface area (Å²) in [5, 5.41) is 6.98. The van der Waals surface area contributed by atoms with Crippen LogP contribution in [-0.2, 0) is 11.8 Å². The van der Waals surface area contributed by atoms with Crippen molar-refractivity contribution in [1.82, 2.24) is 24.1 Å². The second-order valence-electron chi connectivity index (χ2n) is 7.75. The lowest BCUT2D eigenvalue weighted by molar-refractivity contribution is 0.0635. The van der Waals surface area contributed by atoms with E-state index in [2.05, 4.69) is 26.4 Å². The van der Waals surface area contributed by atoms with E-state index in [9.17, 15) is 4.79 Å². The summed E-state index contributed by atoms with van der Waals surface area (Å²) in [6.45, 7) is 5.45. The Morgan fingerprint density at radius 1 is 1.10 bits per heavy atom. The zero-order valence-corrected chi connectivity index (χ0v) is 16.7. The molecule has 0 saturated heterocycles. The van der Waals surface area contributed by atoms with E-state index in [-0.39, 0.29) is 0 Å². The van der Waals surface area contributed by atoms with Crippen LogP contribution >= 0.6 is 0 Å². The molecule has 0 radical (unpaired) electrons. The number of pyridine rings is 2. The first-order valence-electron chi connectivity index (χ1n) is 9.21.